The summed E-state index contributed by atoms with van der Waals surface area (Å²) in [5.74, 6) is 1.76. The van der Waals surface area contributed by atoms with E-state index in [1.54, 1.807) is 0 Å². The molecule has 9 aromatic carbocycles. The highest BCUT2D eigenvalue weighted by molar-refractivity contribution is 6.20. The molecule has 3 aromatic heterocycles. The summed E-state index contributed by atoms with van der Waals surface area (Å²) in [6, 6.07) is 68.0. The van der Waals surface area contributed by atoms with E-state index in [2.05, 4.69) is 193 Å². The Morgan fingerprint density at radius 1 is 0.383 bits per heavy atom. The molecule has 3 heterocycles. The lowest BCUT2D eigenvalue weighted by atomic mass is 9.99. The molecule has 0 bridgehead atoms. The third kappa shape index (κ3) is 5.82. The van der Waals surface area contributed by atoms with Crippen LogP contribution in [0.5, 0.6) is 0 Å². The van der Waals surface area contributed by atoms with Crippen molar-refractivity contribution in [3.63, 3.8) is 0 Å². The standard InChI is InChI=1S/C53H32N4O.C2H6/c1-2-11-33(12-3-1)35-21-24-37(25-22-35)51-54-52(40-26-23-34-13-4-5-15-38(34)31-40)56-53(55-51)57-46-20-9-8-17-43(46)44-19-10-18-42(50(44)57)39-27-29-45-48(32-39)58-47-30-28-36-14-6-7-16-41(36)49(45)47;1-2/h1-32H;1-2H3. The molecule has 60 heavy (non-hydrogen) atoms. The van der Waals surface area contributed by atoms with Crippen molar-refractivity contribution in [3.05, 3.63) is 194 Å². The molecule has 5 heteroatoms. The first-order chi connectivity index (χ1) is 29.7. The average Bonchev–Trinajstić information content (AvgIpc) is 3.88. The smallest absolute Gasteiger partial charge is 0.238 e. The van der Waals surface area contributed by atoms with E-state index in [1.165, 1.54) is 16.2 Å². The van der Waals surface area contributed by atoms with Crippen molar-refractivity contribution >= 4 is 65.3 Å². The molecule has 0 unspecified atom stereocenters. The van der Waals surface area contributed by atoms with Crippen molar-refractivity contribution in [2.24, 2.45) is 0 Å². The van der Waals surface area contributed by atoms with E-state index in [0.29, 0.717) is 17.6 Å². The largest absolute Gasteiger partial charge is 0.456 e. The van der Waals surface area contributed by atoms with Gasteiger partial charge in [-0.05, 0) is 68.6 Å². The first-order valence-corrected chi connectivity index (χ1v) is 20.5. The first kappa shape index (κ1) is 35.3. The van der Waals surface area contributed by atoms with Gasteiger partial charge in [0.1, 0.15) is 11.2 Å². The zero-order chi connectivity index (χ0) is 40.2. The Bertz CT molecular complexity index is 3560. The van der Waals surface area contributed by atoms with E-state index in [-0.39, 0.29) is 0 Å². The fraction of sp³-hybridized carbons (Fsp3) is 0.0364. The van der Waals surface area contributed by atoms with E-state index < -0.39 is 0 Å². The van der Waals surface area contributed by atoms with Crippen LogP contribution >= 0.6 is 0 Å². The summed E-state index contributed by atoms with van der Waals surface area (Å²) in [6.45, 7) is 4.00. The van der Waals surface area contributed by atoms with E-state index in [1.807, 2.05) is 19.9 Å². The number of hydrogen-bond acceptors (Lipinski definition) is 4. The molecule has 0 atom stereocenters. The predicted molar refractivity (Wildman–Crippen MR) is 250 cm³/mol. The zero-order valence-corrected chi connectivity index (χ0v) is 33.2. The molecule has 0 fully saturated rings. The minimum absolute atomic E-state index is 0.551. The van der Waals surface area contributed by atoms with E-state index in [9.17, 15) is 0 Å². The van der Waals surface area contributed by atoms with Gasteiger partial charge < -0.3 is 4.42 Å². The second kappa shape index (κ2) is 14.5. The summed E-state index contributed by atoms with van der Waals surface area (Å²) in [6.07, 6.45) is 0. The SMILES string of the molecule is CC.c1ccc(-c2ccc(-c3nc(-c4ccc5ccccc5c4)nc(-n4c5ccccc5c5cccc(-c6ccc7c(c6)oc6ccc8ccccc8c67)c54)n3)cc2)cc1. The molecule has 0 amide bonds. The second-order valence-electron chi connectivity index (χ2n) is 14.8. The van der Waals surface area contributed by atoms with Gasteiger partial charge in [-0.1, -0.05) is 178 Å². The molecule has 12 aromatic rings. The lowest BCUT2D eigenvalue weighted by Gasteiger charge is -2.13. The highest BCUT2D eigenvalue weighted by Gasteiger charge is 2.21. The van der Waals surface area contributed by atoms with Crippen molar-refractivity contribution < 1.29 is 4.42 Å². The molecule has 0 aliphatic rings. The minimum Gasteiger partial charge on any atom is -0.456 e. The van der Waals surface area contributed by atoms with Gasteiger partial charge in [0.25, 0.3) is 0 Å². The normalized spacial score (nSPS) is 11.5. The minimum atomic E-state index is 0.551. The third-order valence-electron chi connectivity index (χ3n) is 11.4. The van der Waals surface area contributed by atoms with Crippen LogP contribution < -0.4 is 0 Å². The second-order valence-corrected chi connectivity index (χ2v) is 14.8. The molecular weight excluding hydrogens is 733 g/mol. The average molecular weight is 771 g/mol. The molecule has 0 aliphatic heterocycles. The fourth-order valence-corrected chi connectivity index (χ4v) is 8.67. The molecule has 0 aliphatic carbocycles. The number of fused-ring (bicyclic) bond motifs is 9. The van der Waals surface area contributed by atoms with Crippen LogP contribution in [0.15, 0.2) is 199 Å². The number of rotatable bonds is 5. The quantitative estimate of drug-likeness (QED) is 0.175. The number of para-hydroxylation sites is 2. The summed E-state index contributed by atoms with van der Waals surface area (Å²) < 4.78 is 8.78. The van der Waals surface area contributed by atoms with Crippen LogP contribution in [-0.4, -0.2) is 19.5 Å². The van der Waals surface area contributed by atoms with Crippen LogP contribution in [0.2, 0.25) is 0 Å². The lowest BCUT2D eigenvalue weighted by molar-refractivity contribution is 0.669. The Labute approximate surface area is 346 Å². The van der Waals surface area contributed by atoms with E-state index in [4.69, 9.17) is 19.4 Å². The highest BCUT2D eigenvalue weighted by atomic mass is 16.3. The summed E-state index contributed by atoms with van der Waals surface area (Å²) >= 11 is 0. The Morgan fingerprint density at radius 3 is 1.83 bits per heavy atom. The number of nitrogens with zero attached hydrogens (tertiary/aromatic N) is 4. The maximum Gasteiger partial charge on any atom is 0.238 e. The van der Waals surface area contributed by atoms with Crippen LogP contribution in [0.3, 0.4) is 0 Å². The van der Waals surface area contributed by atoms with Gasteiger partial charge >= 0.3 is 0 Å². The molecule has 12 rings (SSSR count). The van der Waals surface area contributed by atoms with Crippen LogP contribution in [0.4, 0.5) is 0 Å². The third-order valence-corrected chi connectivity index (χ3v) is 11.4. The predicted octanol–water partition coefficient (Wildman–Crippen LogP) is 14.9. The van der Waals surface area contributed by atoms with Crippen LogP contribution in [-0.2, 0) is 0 Å². The van der Waals surface area contributed by atoms with Gasteiger partial charge in [-0.2, -0.15) is 9.97 Å². The van der Waals surface area contributed by atoms with Gasteiger partial charge in [0, 0.05) is 38.2 Å². The van der Waals surface area contributed by atoms with Crippen molar-refractivity contribution in [1.82, 2.24) is 19.5 Å². The van der Waals surface area contributed by atoms with Crippen molar-refractivity contribution in [2.75, 3.05) is 0 Å². The Kier molecular flexibility index (Phi) is 8.52. The summed E-state index contributed by atoms with van der Waals surface area (Å²) in [7, 11) is 0. The number of furan rings is 1. The molecule has 0 saturated heterocycles. The molecule has 0 saturated carbocycles. The molecular formula is C55H38N4O. The van der Waals surface area contributed by atoms with Crippen molar-refractivity contribution in [3.8, 4) is 51.0 Å². The van der Waals surface area contributed by atoms with Gasteiger partial charge in [0.05, 0.1) is 11.0 Å². The topological polar surface area (TPSA) is 56.7 Å². The molecule has 0 N–H and O–H groups in total. The maximum absolute atomic E-state index is 6.57. The Balaban J connectivity index is 0.00000201. The van der Waals surface area contributed by atoms with E-state index >= 15 is 0 Å². The Hall–Kier alpha value is -7.89. The summed E-state index contributed by atoms with van der Waals surface area (Å²) in [4.78, 5) is 15.8. The summed E-state index contributed by atoms with van der Waals surface area (Å²) in [5.41, 5.74) is 10.0. The van der Waals surface area contributed by atoms with Gasteiger partial charge in [0.15, 0.2) is 11.6 Å². The van der Waals surface area contributed by atoms with Gasteiger partial charge in [0.2, 0.25) is 5.95 Å². The fourth-order valence-electron chi connectivity index (χ4n) is 8.67. The lowest BCUT2D eigenvalue weighted by Crippen LogP contribution is -2.07. The molecule has 0 radical (unpaired) electrons. The van der Waals surface area contributed by atoms with Crippen molar-refractivity contribution in [1.29, 1.82) is 0 Å². The van der Waals surface area contributed by atoms with Gasteiger partial charge in [-0.3, -0.25) is 4.57 Å². The number of aromatic nitrogens is 4. The molecule has 5 nitrogen and oxygen atoms in total. The molecule has 284 valence electrons. The number of hydrogen-bond donors (Lipinski definition) is 0. The van der Waals surface area contributed by atoms with Gasteiger partial charge in [-0.25, -0.2) is 4.98 Å². The molecule has 0 spiro atoms. The number of benzene rings is 9. The monoisotopic (exact) mass is 770 g/mol. The van der Waals surface area contributed by atoms with Crippen molar-refractivity contribution in [2.45, 2.75) is 13.8 Å². The van der Waals surface area contributed by atoms with Gasteiger partial charge in [-0.15, -0.1) is 0 Å². The highest BCUT2D eigenvalue weighted by Crippen LogP contribution is 2.41. The Morgan fingerprint density at radius 2 is 1.00 bits per heavy atom. The van der Waals surface area contributed by atoms with Crippen LogP contribution in [0.1, 0.15) is 13.8 Å². The maximum atomic E-state index is 6.57. The summed E-state index contributed by atoms with van der Waals surface area (Å²) in [5, 5.41) is 9.16. The first-order valence-electron chi connectivity index (χ1n) is 20.5. The van der Waals surface area contributed by atoms with Crippen LogP contribution in [0, 0.1) is 0 Å². The van der Waals surface area contributed by atoms with Crippen LogP contribution in [0.25, 0.3) is 116 Å². The van der Waals surface area contributed by atoms with E-state index in [0.717, 1.165) is 82.5 Å². The zero-order valence-electron chi connectivity index (χ0n) is 33.2.